The fourth-order valence-electron chi connectivity index (χ4n) is 4.49. The van der Waals surface area contributed by atoms with Crippen LogP contribution in [-0.4, -0.2) is 41.5 Å². The SMILES string of the molecule is CC1CCN(c2ncc(-c3ccc(C(C)(C)O)cc3)cc2C(=O)NS(=O)(=O)c2cccc(N)n2)C1(C)C. The molecule has 3 heterocycles. The minimum Gasteiger partial charge on any atom is -0.386 e. The number of anilines is 2. The van der Waals surface area contributed by atoms with E-state index in [2.05, 4.69) is 40.4 Å². The number of aromatic nitrogens is 2. The Labute approximate surface area is 217 Å². The summed E-state index contributed by atoms with van der Waals surface area (Å²) in [5.74, 6) is -0.0158. The van der Waals surface area contributed by atoms with E-state index in [9.17, 15) is 18.3 Å². The molecule has 0 saturated carbocycles. The van der Waals surface area contributed by atoms with Gasteiger partial charge in [0, 0.05) is 23.8 Å². The lowest BCUT2D eigenvalue weighted by molar-refractivity contribution is 0.0786. The van der Waals surface area contributed by atoms with Crippen LogP contribution in [0.1, 0.15) is 57.0 Å². The van der Waals surface area contributed by atoms with E-state index in [1.165, 1.54) is 18.2 Å². The standard InChI is InChI=1S/C27H33N5O4S/c1-17-13-14-32(26(17,2)3)24-21(25(33)31-37(35,36)23-8-6-7-22(28)30-23)15-19(16-29-24)18-9-11-20(12-10-18)27(4,5)34/h6-12,15-17,34H,13-14H2,1-5H3,(H2,28,30)(H,31,33). The van der Waals surface area contributed by atoms with Crippen LogP contribution in [0.5, 0.6) is 0 Å². The van der Waals surface area contributed by atoms with Gasteiger partial charge in [0.15, 0.2) is 5.03 Å². The maximum Gasteiger partial charge on any atom is 0.281 e. The van der Waals surface area contributed by atoms with Crippen molar-refractivity contribution < 1.29 is 18.3 Å². The van der Waals surface area contributed by atoms with Gasteiger partial charge < -0.3 is 15.7 Å². The van der Waals surface area contributed by atoms with Crippen LogP contribution in [0.2, 0.25) is 0 Å². The van der Waals surface area contributed by atoms with E-state index >= 15 is 0 Å². The number of nitrogens with two attached hydrogens (primary N) is 1. The Morgan fingerprint density at radius 2 is 1.84 bits per heavy atom. The summed E-state index contributed by atoms with van der Waals surface area (Å²) in [4.78, 5) is 24.1. The fraction of sp³-hybridized carbons (Fsp3) is 0.370. The molecule has 1 fully saturated rings. The summed E-state index contributed by atoms with van der Waals surface area (Å²) in [6.07, 6.45) is 2.60. The number of carbonyl (C=O) groups excluding carboxylic acids is 1. The third kappa shape index (κ3) is 5.30. The van der Waals surface area contributed by atoms with Crippen molar-refractivity contribution >= 4 is 27.6 Å². The molecule has 1 amide bonds. The summed E-state index contributed by atoms with van der Waals surface area (Å²) in [7, 11) is -4.27. The number of hydrogen-bond donors (Lipinski definition) is 3. The smallest absolute Gasteiger partial charge is 0.281 e. The molecule has 1 saturated heterocycles. The predicted molar refractivity (Wildman–Crippen MR) is 143 cm³/mol. The maximum atomic E-state index is 13.5. The molecule has 1 aliphatic heterocycles. The molecule has 0 radical (unpaired) electrons. The molecule has 196 valence electrons. The van der Waals surface area contributed by atoms with Crippen LogP contribution >= 0.6 is 0 Å². The van der Waals surface area contributed by atoms with E-state index in [0.717, 1.165) is 17.5 Å². The van der Waals surface area contributed by atoms with Crippen LogP contribution in [0, 0.1) is 5.92 Å². The van der Waals surface area contributed by atoms with Crippen molar-refractivity contribution in [3.05, 3.63) is 65.9 Å². The maximum absolute atomic E-state index is 13.5. The van der Waals surface area contributed by atoms with Crippen molar-refractivity contribution in [1.29, 1.82) is 0 Å². The summed E-state index contributed by atoms with van der Waals surface area (Å²) in [5.41, 5.74) is 6.66. The number of nitrogens with zero attached hydrogens (tertiary/aromatic N) is 3. The van der Waals surface area contributed by atoms with Crippen LogP contribution in [0.15, 0.2) is 59.8 Å². The first-order chi connectivity index (χ1) is 17.2. The Bertz CT molecular complexity index is 1430. The van der Waals surface area contributed by atoms with Crippen molar-refractivity contribution in [3.63, 3.8) is 0 Å². The molecule has 4 rings (SSSR count). The molecule has 1 atom stereocenters. The Morgan fingerprint density at radius 3 is 2.41 bits per heavy atom. The van der Waals surface area contributed by atoms with E-state index in [1.807, 2.05) is 24.3 Å². The Hall–Kier alpha value is -3.50. The van der Waals surface area contributed by atoms with Crippen molar-refractivity contribution in [1.82, 2.24) is 14.7 Å². The van der Waals surface area contributed by atoms with Crippen LogP contribution in [0.4, 0.5) is 11.6 Å². The van der Waals surface area contributed by atoms with Gasteiger partial charge in [0.2, 0.25) is 0 Å². The van der Waals surface area contributed by atoms with Gasteiger partial charge in [0.25, 0.3) is 15.9 Å². The van der Waals surface area contributed by atoms with Crippen molar-refractivity contribution in [2.45, 2.75) is 57.2 Å². The predicted octanol–water partition coefficient (Wildman–Crippen LogP) is 3.70. The minimum absolute atomic E-state index is 0.0296. The molecule has 1 unspecified atom stereocenters. The summed E-state index contributed by atoms with van der Waals surface area (Å²) in [5, 5.41) is 9.93. The number of nitrogens with one attached hydrogen (secondary N) is 1. The quantitative estimate of drug-likeness (QED) is 0.445. The molecule has 9 nitrogen and oxygen atoms in total. The van der Waals surface area contributed by atoms with Crippen LogP contribution < -0.4 is 15.4 Å². The topological polar surface area (TPSA) is 139 Å². The summed E-state index contributed by atoms with van der Waals surface area (Å²) >= 11 is 0. The van der Waals surface area contributed by atoms with Gasteiger partial charge in [-0.1, -0.05) is 37.3 Å². The minimum atomic E-state index is -4.27. The second-order valence-electron chi connectivity index (χ2n) is 10.6. The molecule has 0 bridgehead atoms. The Morgan fingerprint density at radius 1 is 1.16 bits per heavy atom. The first kappa shape index (κ1) is 26.6. The van der Waals surface area contributed by atoms with Gasteiger partial charge in [-0.25, -0.2) is 14.7 Å². The van der Waals surface area contributed by atoms with Crippen molar-refractivity contribution in [2.75, 3.05) is 17.2 Å². The zero-order chi connectivity index (χ0) is 27.2. The van der Waals surface area contributed by atoms with Gasteiger partial charge in [-0.2, -0.15) is 8.42 Å². The largest absolute Gasteiger partial charge is 0.386 e. The number of carbonyl (C=O) groups is 1. The molecule has 1 aromatic carbocycles. The normalized spacial score (nSPS) is 17.6. The molecule has 0 spiro atoms. The Balaban J connectivity index is 1.77. The van der Waals surface area contributed by atoms with E-state index < -0.39 is 21.5 Å². The highest BCUT2D eigenvalue weighted by molar-refractivity contribution is 7.90. The number of rotatable bonds is 6. The monoisotopic (exact) mass is 523 g/mol. The molecule has 37 heavy (non-hydrogen) atoms. The summed E-state index contributed by atoms with van der Waals surface area (Å²) < 4.78 is 28.1. The van der Waals surface area contributed by atoms with Gasteiger partial charge in [-0.3, -0.25) is 4.79 Å². The lowest BCUT2D eigenvalue weighted by Gasteiger charge is -2.36. The number of aliphatic hydroxyl groups is 1. The van der Waals surface area contributed by atoms with Gasteiger partial charge in [0.1, 0.15) is 11.6 Å². The number of hydrogen-bond acceptors (Lipinski definition) is 8. The molecule has 2 aromatic heterocycles. The molecule has 0 aliphatic carbocycles. The van der Waals surface area contributed by atoms with E-state index in [1.54, 1.807) is 26.1 Å². The van der Waals surface area contributed by atoms with Crippen LogP contribution in [0.25, 0.3) is 11.1 Å². The average molecular weight is 524 g/mol. The van der Waals surface area contributed by atoms with Gasteiger partial charge >= 0.3 is 0 Å². The number of pyridine rings is 2. The highest BCUT2D eigenvalue weighted by Crippen LogP contribution is 2.39. The average Bonchev–Trinajstić information content (AvgIpc) is 3.10. The third-order valence-corrected chi connectivity index (χ3v) is 8.46. The zero-order valence-corrected chi connectivity index (χ0v) is 22.5. The highest BCUT2D eigenvalue weighted by Gasteiger charge is 2.41. The number of sulfonamides is 1. The first-order valence-corrected chi connectivity index (χ1v) is 13.6. The fourth-order valence-corrected chi connectivity index (χ4v) is 5.43. The second kappa shape index (κ2) is 9.42. The molecular formula is C27H33N5O4S. The van der Waals surface area contributed by atoms with Crippen molar-refractivity contribution in [2.24, 2.45) is 5.92 Å². The first-order valence-electron chi connectivity index (χ1n) is 12.1. The lowest BCUT2D eigenvalue weighted by atomic mass is 9.90. The Kier molecular flexibility index (Phi) is 6.76. The molecule has 10 heteroatoms. The van der Waals surface area contributed by atoms with Gasteiger partial charge in [0.05, 0.1) is 11.2 Å². The molecule has 1 aliphatic rings. The molecular weight excluding hydrogens is 490 g/mol. The number of benzene rings is 1. The lowest BCUT2D eigenvalue weighted by Crippen LogP contribution is -2.43. The number of nitrogen functional groups attached to an aromatic ring is 1. The van der Waals surface area contributed by atoms with Gasteiger partial charge in [-0.15, -0.1) is 0 Å². The third-order valence-electron chi connectivity index (χ3n) is 7.23. The second-order valence-corrected chi connectivity index (χ2v) is 12.2. The number of amides is 1. The zero-order valence-electron chi connectivity index (χ0n) is 21.7. The highest BCUT2D eigenvalue weighted by atomic mass is 32.2. The summed E-state index contributed by atoms with van der Waals surface area (Å²) in [6, 6.07) is 13.1. The molecule has 4 N–H and O–H groups in total. The van der Waals surface area contributed by atoms with E-state index in [-0.39, 0.29) is 21.9 Å². The molecule has 3 aromatic rings. The van der Waals surface area contributed by atoms with E-state index in [4.69, 9.17) is 5.73 Å². The van der Waals surface area contributed by atoms with E-state index in [0.29, 0.717) is 23.8 Å². The van der Waals surface area contributed by atoms with Gasteiger partial charge in [-0.05, 0) is 69.4 Å². The summed E-state index contributed by atoms with van der Waals surface area (Å²) in [6.45, 7) is 10.4. The van der Waals surface area contributed by atoms with Crippen molar-refractivity contribution in [3.8, 4) is 11.1 Å². The van der Waals surface area contributed by atoms with Crippen LogP contribution in [0.3, 0.4) is 0 Å². The van der Waals surface area contributed by atoms with Crippen LogP contribution in [-0.2, 0) is 15.6 Å².